The van der Waals surface area contributed by atoms with Gasteiger partial charge in [0.1, 0.15) is 0 Å². The van der Waals surface area contributed by atoms with E-state index in [0.29, 0.717) is 6.04 Å². The largest absolute Gasteiger partial charge is 0.396 e. The molecule has 0 saturated carbocycles. The lowest BCUT2D eigenvalue weighted by atomic mass is 9.82. The van der Waals surface area contributed by atoms with Crippen LogP contribution in [0.5, 0.6) is 0 Å². The number of hydrogen-bond donors (Lipinski definition) is 2. The Morgan fingerprint density at radius 2 is 2.21 bits per heavy atom. The van der Waals surface area contributed by atoms with Crippen molar-refractivity contribution in [1.29, 1.82) is 0 Å². The van der Waals surface area contributed by atoms with E-state index < -0.39 is 0 Å². The highest BCUT2D eigenvalue weighted by Gasteiger charge is 2.28. The van der Waals surface area contributed by atoms with Crippen molar-refractivity contribution in [2.45, 2.75) is 52.0 Å². The molecule has 1 aliphatic carbocycles. The molecule has 1 aromatic rings. The molecule has 1 aliphatic rings. The number of pyridine rings is 1. The molecule has 106 valence electrons. The molecule has 3 heteroatoms. The molecule has 0 fully saturated rings. The Morgan fingerprint density at radius 3 is 2.89 bits per heavy atom. The van der Waals surface area contributed by atoms with E-state index in [1.807, 2.05) is 12.3 Å². The minimum atomic E-state index is 0.0202. The number of rotatable bonds is 6. The van der Waals surface area contributed by atoms with Crippen molar-refractivity contribution in [3.63, 3.8) is 0 Å². The van der Waals surface area contributed by atoms with Crippen LogP contribution in [0.4, 0.5) is 0 Å². The Labute approximate surface area is 116 Å². The third kappa shape index (κ3) is 3.15. The highest BCUT2D eigenvalue weighted by molar-refractivity contribution is 5.25. The SMILES string of the molecule is CCC(CC)(CO)CNC1CCCc2cccnc21. The van der Waals surface area contributed by atoms with Gasteiger partial charge >= 0.3 is 0 Å². The van der Waals surface area contributed by atoms with Gasteiger partial charge in [-0.2, -0.15) is 0 Å². The fourth-order valence-corrected chi connectivity index (χ4v) is 2.93. The quantitative estimate of drug-likeness (QED) is 0.828. The second-order valence-electron chi connectivity index (χ2n) is 5.74. The first-order chi connectivity index (χ1) is 9.24. The second kappa shape index (κ2) is 6.49. The van der Waals surface area contributed by atoms with Crippen LogP contribution in [-0.2, 0) is 6.42 Å². The summed E-state index contributed by atoms with van der Waals surface area (Å²) >= 11 is 0. The summed E-state index contributed by atoms with van der Waals surface area (Å²) in [6.07, 6.45) is 7.43. The van der Waals surface area contributed by atoms with Gasteiger partial charge in [0.2, 0.25) is 0 Å². The van der Waals surface area contributed by atoms with Crippen molar-refractivity contribution >= 4 is 0 Å². The van der Waals surface area contributed by atoms with E-state index in [1.165, 1.54) is 17.7 Å². The number of aryl methyl sites for hydroxylation is 1. The van der Waals surface area contributed by atoms with Crippen LogP contribution in [0.15, 0.2) is 18.3 Å². The molecule has 0 aromatic carbocycles. The van der Waals surface area contributed by atoms with Crippen molar-refractivity contribution in [2.75, 3.05) is 13.2 Å². The van der Waals surface area contributed by atoms with Crippen LogP contribution in [0, 0.1) is 5.41 Å². The first kappa shape index (κ1) is 14.5. The molecule has 1 aromatic heterocycles. The van der Waals surface area contributed by atoms with Gasteiger partial charge in [0.05, 0.1) is 5.69 Å². The van der Waals surface area contributed by atoms with Crippen molar-refractivity contribution < 1.29 is 5.11 Å². The van der Waals surface area contributed by atoms with E-state index in [-0.39, 0.29) is 12.0 Å². The molecule has 0 saturated heterocycles. The van der Waals surface area contributed by atoms with Crippen LogP contribution < -0.4 is 5.32 Å². The molecule has 1 atom stereocenters. The lowest BCUT2D eigenvalue weighted by Crippen LogP contribution is -2.39. The smallest absolute Gasteiger partial charge is 0.0605 e. The normalized spacial score (nSPS) is 19.2. The molecule has 2 N–H and O–H groups in total. The Morgan fingerprint density at radius 1 is 1.42 bits per heavy atom. The van der Waals surface area contributed by atoms with Crippen molar-refractivity contribution in [3.05, 3.63) is 29.6 Å². The summed E-state index contributed by atoms with van der Waals surface area (Å²) in [5, 5.41) is 13.3. The Kier molecular flexibility index (Phi) is 4.94. The molecule has 3 nitrogen and oxygen atoms in total. The zero-order valence-corrected chi connectivity index (χ0v) is 12.2. The van der Waals surface area contributed by atoms with E-state index in [4.69, 9.17) is 0 Å². The zero-order valence-electron chi connectivity index (χ0n) is 12.2. The fraction of sp³-hybridized carbons (Fsp3) is 0.688. The van der Waals surface area contributed by atoms with Crippen LogP contribution in [0.1, 0.15) is 56.8 Å². The number of hydrogen-bond acceptors (Lipinski definition) is 3. The third-order valence-corrected chi connectivity index (χ3v) is 4.75. The molecule has 1 unspecified atom stereocenters. The maximum atomic E-state index is 9.65. The summed E-state index contributed by atoms with van der Waals surface area (Å²) in [5.74, 6) is 0. The summed E-state index contributed by atoms with van der Waals surface area (Å²) in [6.45, 7) is 5.45. The molecule has 0 aliphatic heterocycles. The van der Waals surface area contributed by atoms with E-state index in [9.17, 15) is 5.11 Å². The van der Waals surface area contributed by atoms with Gasteiger partial charge in [0.25, 0.3) is 0 Å². The van der Waals surface area contributed by atoms with E-state index in [0.717, 1.165) is 32.2 Å². The van der Waals surface area contributed by atoms with Crippen LogP contribution in [0.25, 0.3) is 0 Å². The summed E-state index contributed by atoms with van der Waals surface area (Å²) in [6, 6.07) is 4.57. The molecule has 0 spiro atoms. The zero-order chi connectivity index (χ0) is 13.7. The molecule has 0 amide bonds. The lowest BCUT2D eigenvalue weighted by Gasteiger charge is -2.33. The lowest BCUT2D eigenvalue weighted by molar-refractivity contribution is 0.108. The third-order valence-electron chi connectivity index (χ3n) is 4.75. The first-order valence-corrected chi connectivity index (χ1v) is 7.52. The summed E-state index contributed by atoms with van der Waals surface area (Å²) < 4.78 is 0. The van der Waals surface area contributed by atoms with Crippen LogP contribution in [-0.4, -0.2) is 23.2 Å². The number of nitrogens with zero attached hydrogens (tertiary/aromatic N) is 1. The predicted molar refractivity (Wildman–Crippen MR) is 78.0 cm³/mol. The van der Waals surface area contributed by atoms with E-state index >= 15 is 0 Å². The number of aromatic nitrogens is 1. The molecule has 0 radical (unpaired) electrons. The van der Waals surface area contributed by atoms with Crippen molar-refractivity contribution in [2.24, 2.45) is 5.41 Å². The van der Waals surface area contributed by atoms with Gasteiger partial charge < -0.3 is 10.4 Å². The minimum Gasteiger partial charge on any atom is -0.396 e. The number of fused-ring (bicyclic) bond motifs is 1. The van der Waals surface area contributed by atoms with Gasteiger partial charge in [-0.3, -0.25) is 4.98 Å². The van der Waals surface area contributed by atoms with Crippen LogP contribution in [0.3, 0.4) is 0 Å². The van der Waals surface area contributed by atoms with Crippen molar-refractivity contribution in [3.8, 4) is 0 Å². The van der Waals surface area contributed by atoms with Gasteiger partial charge in [0, 0.05) is 30.8 Å². The summed E-state index contributed by atoms with van der Waals surface area (Å²) in [7, 11) is 0. The average Bonchev–Trinajstić information content (AvgIpc) is 2.49. The molecular weight excluding hydrogens is 236 g/mol. The van der Waals surface area contributed by atoms with Gasteiger partial charge in [-0.25, -0.2) is 0 Å². The number of nitrogens with one attached hydrogen (secondary N) is 1. The molecule has 2 rings (SSSR count). The molecule has 0 bridgehead atoms. The maximum absolute atomic E-state index is 9.65. The number of aliphatic hydroxyl groups excluding tert-OH is 1. The standard InChI is InChI=1S/C16H26N2O/c1-3-16(4-2,12-19)11-18-14-9-5-7-13-8-6-10-17-15(13)14/h6,8,10,14,18-19H,3-5,7,9,11-12H2,1-2H3. The molecular formula is C16H26N2O. The predicted octanol–water partition coefficient (Wildman–Crippen LogP) is 2.85. The second-order valence-corrected chi connectivity index (χ2v) is 5.74. The topological polar surface area (TPSA) is 45.1 Å². The summed E-state index contributed by atoms with van der Waals surface area (Å²) in [5.41, 5.74) is 2.62. The van der Waals surface area contributed by atoms with Crippen LogP contribution in [0.2, 0.25) is 0 Å². The van der Waals surface area contributed by atoms with Crippen LogP contribution >= 0.6 is 0 Å². The Bertz CT molecular complexity index is 393. The molecule has 1 heterocycles. The molecule has 19 heavy (non-hydrogen) atoms. The monoisotopic (exact) mass is 262 g/mol. The maximum Gasteiger partial charge on any atom is 0.0605 e. The van der Waals surface area contributed by atoms with Gasteiger partial charge in [0.15, 0.2) is 0 Å². The van der Waals surface area contributed by atoms with Gasteiger partial charge in [-0.15, -0.1) is 0 Å². The Hall–Kier alpha value is -0.930. The Balaban J connectivity index is 2.05. The van der Waals surface area contributed by atoms with E-state index in [2.05, 4.69) is 30.2 Å². The first-order valence-electron chi connectivity index (χ1n) is 7.52. The van der Waals surface area contributed by atoms with Gasteiger partial charge in [-0.1, -0.05) is 19.9 Å². The highest BCUT2D eigenvalue weighted by atomic mass is 16.3. The number of aliphatic hydroxyl groups is 1. The summed E-state index contributed by atoms with van der Waals surface area (Å²) in [4.78, 5) is 4.55. The highest BCUT2D eigenvalue weighted by Crippen LogP contribution is 2.30. The fourth-order valence-electron chi connectivity index (χ4n) is 2.93. The van der Waals surface area contributed by atoms with Gasteiger partial charge in [-0.05, 0) is 43.7 Å². The van der Waals surface area contributed by atoms with E-state index in [1.54, 1.807) is 0 Å². The van der Waals surface area contributed by atoms with Crippen molar-refractivity contribution in [1.82, 2.24) is 10.3 Å². The minimum absolute atomic E-state index is 0.0202. The average molecular weight is 262 g/mol.